The zero-order chi connectivity index (χ0) is 17.5. The minimum atomic E-state index is -4.65. The standard InChI is InChI=1S/C14H15F3N4O2S.ClH/c1-9-2-4-10(5-3-9)24(22,23)20-12-11-8-18-6-7-21(11)13(19-12)14(15,16)17;/h2-5,18,20H,6-8H2,1H3;1H. The highest BCUT2D eigenvalue weighted by molar-refractivity contribution is 7.92. The number of nitrogens with zero attached hydrogens (tertiary/aromatic N) is 2. The topological polar surface area (TPSA) is 76.0 Å². The molecule has 0 aliphatic carbocycles. The van der Waals surface area contributed by atoms with Crippen LogP contribution in [0.5, 0.6) is 0 Å². The fourth-order valence-electron chi connectivity index (χ4n) is 2.51. The van der Waals surface area contributed by atoms with Gasteiger partial charge in [-0.3, -0.25) is 4.72 Å². The van der Waals surface area contributed by atoms with Crippen molar-refractivity contribution in [3.63, 3.8) is 0 Å². The van der Waals surface area contributed by atoms with Gasteiger partial charge in [-0.05, 0) is 19.1 Å². The predicted octanol–water partition coefficient (Wildman–Crippen LogP) is 2.54. The summed E-state index contributed by atoms with van der Waals surface area (Å²) in [7, 11) is -4.02. The van der Waals surface area contributed by atoms with Crippen LogP contribution in [0.15, 0.2) is 29.2 Å². The van der Waals surface area contributed by atoms with Gasteiger partial charge in [-0.15, -0.1) is 12.4 Å². The minimum Gasteiger partial charge on any atom is -0.320 e. The number of rotatable bonds is 3. The smallest absolute Gasteiger partial charge is 0.320 e. The molecule has 2 aromatic rings. The minimum absolute atomic E-state index is 0. The Bertz CT molecular complexity index is 863. The number of hydrogen-bond donors (Lipinski definition) is 2. The molecule has 1 aliphatic rings. The third-order valence-corrected chi connectivity index (χ3v) is 5.05. The molecular weight excluding hydrogens is 381 g/mol. The van der Waals surface area contributed by atoms with Crippen LogP contribution in [-0.4, -0.2) is 24.5 Å². The van der Waals surface area contributed by atoms with Crippen LogP contribution < -0.4 is 10.0 Å². The first-order chi connectivity index (χ1) is 11.2. The molecule has 0 radical (unpaired) electrons. The van der Waals surface area contributed by atoms with Gasteiger partial charge in [0.15, 0.2) is 5.82 Å². The fraction of sp³-hybridized carbons (Fsp3) is 0.357. The van der Waals surface area contributed by atoms with E-state index in [1.54, 1.807) is 19.1 Å². The average molecular weight is 397 g/mol. The summed E-state index contributed by atoms with van der Waals surface area (Å²) >= 11 is 0. The van der Waals surface area contributed by atoms with Crippen LogP contribution in [0.25, 0.3) is 0 Å². The maximum atomic E-state index is 13.1. The number of alkyl halides is 3. The molecule has 0 fully saturated rings. The third kappa shape index (κ3) is 3.91. The molecule has 3 rings (SSSR count). The largest absolute Gasteiger partial charge is 0.449 e. The summed E-state index contributed by atoms with van der Waals surface area (Å²) in [5.74, 6) is -1.39. The zero-order valence-corrected chi connectivity index (χ0v) is 14.7. The second-order valence-corrected chi connectivity index (χ2v) is 7.16. The van der Waals surface area contributed by atoms with Gasteiger partial charge in [0.1, 0.15) is 0 Å². The van der Waals surface area contributed by atoms with Crippen LogP contribution in [0.1, 0.15) is 17.1 Å². The Morgan fingerprint density at radius 2 is 1.88 bits per heavy atom. The van der Waals surface area contributed by atoms with Gasteiger partial charge in [0.05, 0.1) is 10.6 Å². The van der Waals surface area contributed by atoms with E-state index in [-0.39, 0.29) is 41.9 Å². The van der Waals surface area contributed by atoms with E-state index in [9.17, 15) is 21.6 Å². The van der Waals surface area contributed by atoms with E-state index in [1.165, 1.54) is 12.1 Å². The van der Waals surface area contributed by atoms with Crippen LogP contribution in [0.2, 0.25) is 0 Å². The Morgan fingerprint density at radius 3 is 2.48 bits per heavy atom. The summed E-state index contributed by atoms with van der Waals surface area (Å²) in [6, 6.07) is 6.01. The van der Waals surface area contributed by atoms with E-state index in [0.717, 1.165) is 10.1 Å². The Hall–Kier alpha value is -1.78. The summed E-state index contributed by atoms with van der Waals surface area (Å²) in [6.07, 6.45) is -4.65. The van der Waals surface area contributed by atoms with Crippen LogP contribution in [0.4, 0.5) is 19.0 Å². The van der Waals surface area contributed by atoms with E-state index in [2.05, 4.69) is 15.0 Å². The molecule has 0 atom stereocenters. The summed E-state index contributed by atoms with van der Waals surface area (Å²) in [6.45, 7) is 2.34. The molecule has 11 heteroatoms. The van der Waals surface area contributed by atoms with Crippen molar-refractivity contribution < 1.29 is 21.6 Å². The molecule has 0 saturated heterocycles. The van der Waals surface area contributed by atoms with Crippen molar-refractivity contribution in [2.45, 2.75) is 31.1 Å². The summed E-state index contributed by atoms with van der Waals surface area (Å²) in [5.41, 5.74) is 1.04. The molecule has 1 aromatic heterocycles. The molecule has 2 heterocycles. The quantitative estimate of drug-likeness (QED) is 0.836. The number of imidazole rings is 1. The molecule has 25 heavy (non-hydrogen) atoms. The molecular formula is C14H16ClF3N4O2S. The van der Waals surface area contributed by atoms with Gasteiger partial charge in [0.25, 0.3) is 10.0 Å². The number of halogens is 4. The lowest BCUT2D eigenvalue weighted by atomic mass is 10.2. The van der Waals surface area contributed by atoms with Crippen molar-refractivity contribution in [2.75, 3.05) is 11.3 Å². The molecule has 2 N–H and O–H groups in total. The van der Waals surface area contributed by atoms with Crippen molar-refractivity contribution in [3.8, 4) is 0 Å². The molecule has 0 bridgehead atoms. The van der Waals surface area contributed by atoms with Gasteiger partial charge in [0.2, 0.25) is 5.82 Å². The molecule has 0 saturated carbocycles. The average Bonchev–Trinajstić information content (AvgIpc) is 2.86. The number of aromatic nitrogens is 2. The molecule has 6 nitrogen and oxygen atoms in total. The predicted molar refractivity (Wildman–Crippen MR) is 88.2 cm³/mol. The molecule has 0 spiro atoms. The van der Waals surface area contributed by atoms with Crippen LogP contribution in [0, 0.1) is 6.92 Å². The van der Waals surface area contributed by atoms with Crippen LogP contribution >= 0.6 is 12.4 Å². The SMILES string of the molecule is Cc1ccc(S(=O)(=O)Nc2nc(C(F)(F)F)n3c2CNCC3)cc1.Cl. The van der Waals surface area contributed by atoms with Crippen molar-refractivity contribution in [3.05, 3.63) is 41.3 Å². The first kappa shape index (κ1) is 19.5. The normalized spacial score (nSPS) is 14.6. The second-order valence-electron chi connectivity index (χ2n) is 5.48. The number of hydrogen-bond acceptors (Lipinski definition) is 4. The Balaban J connectivity index is 0.00000225. The number of benzene rings is 1. The molecule has 0 amide bonds. The second kappa shape index (κ2) is 6.85. The van der Waals surface area contributed by atoms with Gasteiger partial charge >= 0.3 is 6.18 Å². The summed E-state index contributed by atoms with van der Waals surface area (Å²) in [4.78, 5) is 3.46. The lowest BCUT2D eigenvalue weighted by molar-refractivity contribution is -0.147. The molecule has 1 aliphatic heterocycles. The van der Waals surface area contributed by atoms with E-state index in [0.29, 0.717) is 6.54 Å². The first-order valence-corrected chi connectivity index (χ1v) is 8.63. The summed E-state index contributed by atoms with van der Waals surface area (Å²) in [5, 5.41) is 2.92. The number of fused-ring (bicyclic) bond motifs is 1. The lowest BCUT2D eigenvalue weighted by Gasteiger charge is -2.19. The van der Waals surface area contributed by atoms with Gasteiger partial charge in [-0.25, -0.2) is 13.4 Å². The van der Waals surface area contributed by atoms with Crippen molar-refractivity contribution in [1.29, 1.82) is 0 Å². The third-order valence-electron chi connectivity index (χ3n) is 3.69. The molecule has 1 aromatic carbocycles. The number of anilines is 1. The molecule has 0 unspecified atom stereocenters. The molecule has 138 valence electrons. The highest BCUT2D eigenvalue weighted by atomic mass is 35.5. The van der Waals surface area contributed by atoms with Gasteiger partial charge in [0, 0.05) is 19.6 Å². The van der Waals surface area contributed by atoms with E-state index in [4.69, 9.17) is 0 Å². The number of sulfonamides is 1. The first-order valence-electron chi connectivity index (χ1n) is 7.15. The monoisotopic (exact) mass is 396 g/mol. The van der Waals surface area contributed by atoms with Crippen molar-refractivity contribution in [2.24, 2.45) is 0 Å². The Kier molecular flexibility index (Phi) is 5.35. The maximum absolute atomic E-state index is 13.1. The highest BCUT2D eigenvalue weighted by Crippen LogP contribution is 2.33. The number of aryl methyl sites for hydroxylation is 1. The fourth-order valence-corrected chi connectivity index (χ4v) is 3.54. The van der Waals surface area contributed by atoms with Crippen LogP contribution in [-0.2, 0) is 29.3 Å². The van der Waals surface area contributed by atoms with Gasteiger partial charge in [-0.2, -0.15) is 13.2 Å². The van der Waals surface area contributed by atoms with Crippen molar-refractivity contribution >= 4 is 28.2 Å². The lowest BCUT2D eigenvalue weighted by Crippen LogP contribution is -2.30. The Morgan fingerprint density at radius 1 is 1.24 bits per heavy atom. The van der Waals surface area contributed by atoms with E-state index < -0.39 is 22.0 Å². The van der Waals surface area contributed by atoms with E-state index >= 15 is 0 Å². The highest BCUT2D eigenvalue weighted by Gasteiger charge is 2.40. The van der Waals surface area contributed by atoms with E-state index in [1.807, 2.05) is 0 Å². The Labute approximate surface area is 148 Å². The summed E-state index contributed by atoms with van der Waals surface area (Å²) < 4.78 is 67.3. The number of nitrogens with one attached hydrogen (secondary N) is 2. The zero-order valence-electron chi connectivity index (χ0n) is 13.1. The van der Waals surface area contributed by atoms with Crippen LogP contribution in [0.3, 0.4) is 0 Å². The van der Waals surface area contributed by atoms with Gasteiger partial charge < -0.3 is 9.88 Å². The maximum Gasteiger partial charge on any atom is 0.449 e. The van der Waals surface area contributed by atoms with Gasteiger partial charge in [-0.1, -0.05) is 17.7 Å². The van der Waals surface area contributed by atoms with Crippen molar-refractivity contribution in [1.82, 2.24) is 14.9 Å².